The van der Waals surface area contributed by atoms with E-state index in [-0.39, 0.29) is 21.7 Å². The van der Waals surface area contributed by atoms with Gasteiger partial charge in [-0.3, -0.25) is 9.59 Å². The molecule has 8 atom stereocenters. The van der Waals surface area contributed by atoms with E-state index in [1.54, 1.807) is 19.4 Å². The molecule has 0 bridgehead atoms. The number of allylic oxidation sites excluding steroid dienone is 2. The van der Waals surface area contributed by atoms with Crippen molar-refractivity contribution < 1.29 is 19.8 Å². The van der Waals surface area contributed by atoms with Crippen LogP contribution in [-0.4, -0.2) is 32.1 Å². The van der Waals surface area contributed by atoms with E-state index in [1.165, 1.54) is 24.6 Å². The van der Waals surface area contributed by atoms with Crippen LogP contribution in [0.3, 0.4) is 0 Å². The van der Waals surface area contributed by atoms with Gasteiger partial charge in [0.25, 0.3) is 0 Å². The Balaban J connectivity index is 1.75. The minimum absolute atomic E-state index is 0.174. The predicted molar refractivity (Wildman–Crippen MR) is 116 cm³/mol. The van der Waals surface area contributed by atoms with Crippen molar-refractivity contribution in [3.05, 3.63) is 11.6 Å². The Kier molecular flexibility index (Phi) is 5.26. The molecule has 2 N–H and O–H groups in total. The Hall–Kier alpha value is -0.810. The standard InChI is InChI=1S/C24H36O4S/c1-14(21(26)27)24(28)12-9-18-20-17(8-11-23(18,24)4)22(3)10-6-5-7-16(22)13-19(20)29-15(2)25/h7,14,17-20,28H,5-6,8-13H2,1-4H3,(H,26,27)/t14?,17-,18-,19+,20+,22-,23-,24+/m0/s1. The molecule has 0 heterocycles. The van der Waals surface area contributed by atoms with Crippen molar-refractivity contribution in [1.82, 2.24) is 0 Å². The molecule has 0 aliphatic heterocycles. The molecule has 0 saturated heterocycles. The third kappa shape index (κ3) is 2.97. The lowest BCUT2D eigenvalue weighted by Crippen LogP contribution is -2.59. The molecule has 0 radical (unpaired) electrons. The van der Waals surface area contributed by atoms with Crippen LogP contribution in [0.4, 0.5) is 0 Å². The number of thioether (sulfide) groups is 1. The van der Waals surface area contributed by atoms with E-state index >= 15 is 0 Å². The fraction of sp³-hybridized carbons (Fsp3) is 0.833. The van der Waals surface area contributed by atoms with E-state index in [2.05, 4.69) is 19.9 Å². The fourth-order valence-electron chi connectivity index (χ4n) is 7.99. The van der Waals surface area contributed by atoms with Gasteiger partial charge in [-0.25, -0.2) is 0 Å². The number of hydrogen-bond acceptors (Lipinski definition) is 4. The van der Waals surface area contributed by atoms with Crippen molar-refractivity contribution >= 4 is 22.8 Å². The van der Waals surface area contributed by atoms with Gasteiger partial charge in [0.15, 0.2) is 5.12 Å². The van der Waals surface area contributed by atoms with Crippen LogP contribution in [0.15, 0.2) is 11.6 Å². The van der Waals surface area contributed by atoms with Crippen molar-refractivity contribution in [2.75, 3.05) is 0 Å². The van der Waals surface area contributed by atoms with E-state index in [1.807, 2.05) is 0 Å². The molecular formula is C24H36O4S. The third-order valence-electron chi connectivity index (χ3n) is 9.65. The lowest BCUT2D eigenvalue weighted by Gasteiger charge is -2.61. The lowest BCUT2D eigenvalue weighted by atomic mass is 9.45. The monoisotopic (exact) mass is 420 g/mol. The van der Waals surface area contributed by atoms with Gasteiger partial charge in [-0.15, -0.1) is 0 Å². The zero-order valence-electron chi connectivity index (χ0n) is 18.2. The Bertz CT molecular complexity index is 747. The summed E-state index contributed by atoms with van der Waals surface area (Å²) in [6.45, 7) is 7.93. The Labute approximate surface area is 178 Å². The molecule has 0 amide bonds. The minimum Gasteiger partial charge on any atom is -0.481 e. The number of carbonyl (C=O) groups is 2. The van der Waals surface area contributed by atoms with Crippen molar-refractivity contribution in [2.24, 2.45) is 34.5 Å². The van der Waals surface area contributed by atoms with Gasteiger partial charge in [0.05, 0.1) is 11.5 Å². The highest BCUT2D eigenvalue weighted by molar-refractivity contribution is 8.14. The molecule has 3 saturated carbocycles. The van der Waals surface area contributed by atoms with Crippen LogP contribution < -0.4 is 0 Å². The van der Waals surface area contributed by atoms with Gasteiger partial charge in [0.1, 0.15) is 0 Å². The number of carboxylic acids is 1. The second kappa shape index (κ2) is 7.12. The maximum absolute atomic E-state index is 12.1. The third-order valence-corrected chi connectivity index (χ3v) is 10.8. The molecule has 0 aromatic carbocycles. The van der Waals surface area contributed by atoms with Gasteiger partial charge in [0.2, 0.25) is 0 Å². The second-order valence-electron chi connectivity index (χ2n) is 10.7. The summed E-state index contributed by atoms with van der Waals surface area (Å²) in [7, 11) is 0. The quantitative estimate of drug-likeness (QED) is 0.625. The minimum atomic E-state index is -1.16. The lowest BCUT2D eigenvalue weighted by molar-refractivity contribution is -0.174. The summed E-state index contributed by atoms with van der Waals surface area (Å²) < 4.78 is 0. The molecule has 4 nitrogen and oxygen atoms in total. The predicted octanol–water partition coefficient (Wildman–Crippen LogP) is 5.05. The van der Waals surface area contributed by atoms with Crippen LogP contribution in [0.25, 0.3) is 0 Å². The van der Waals surface area contributed by atoms with Crippen LogP contribution in [0.5, 0.6) is 0 Å². The molecule has 29 heavy (non-hydrogen) atoms. The van der Waals surface area contributed by atoms with Crippen molar-refractivity contribution in [1.29, 1.82) is 0 Å². The van der Waals surface area contributed by atoms with E-state index in [0.717, 1.165) is 32.1 Å². The highest BCUT2D eigenvalue weighted by atomic mass is 32.2. The van der Waals surface area contributed by atoms with Gasteiger partial charge >= 0.3 is 5.97 Å². The molecule has 5 heteroatoms. The van der Waals surface area contributed by atoms with Crippen molar-refractivity contribution in [2.45, 2.75) is 89.9 Å². The number of carboxylic acid groups (broad SMARTS) is 1. The number of aliphatic carboxylic acids is 1. The summed E-state index contributed by atoms with van der Waals surface area (Å²) in [6, 6.07) is 0. The van der Waals surface area contributed by atoms with Crippen LogP contribution in [0, 0.1) is 34.5 Å². The van der Waals surface area contributed by atoms with Gasteiger partial charge in [-0.2, -0.15) is 0 Å². The Morgan fingerprint density at radius 2 is 1.86 bits per heavy atom. The van der Waals surface area contributed by atoms with Gasteiger partial charge in [-0.05, 0) is 81.5 Å². The first-order valence-corrected chi connectivity index (χ1v) is 12.2. The largest absolute Gasteiger partial charge is 0.481 e. The van der Waals surface area contributed by atoms with Crippen LogP contribution in [0.2, 0.25) is 0 Å². The molecular weight excluding hydrogens is 384 g/mol. The zero-order chi connectivity index (χ0) is 21.2. The van der Waals surface area contributed by atoms with E-state index in [0.29, 0.717) is 18.3 Å². The first-order chi connectivity index (χ1) is 13.5. The van der Waals surface area contributed by atoms with Crippen LogP contribution >= 0.6 is 11.8 Å². The Morgan fingerprint density at radius 1 is 1.17 bits per heavy atom. The fourth-order valence-corrected chi connectivity index (χ4v) is 9.22. The second-order valence-corrected chi connectivity index (χ2v) is 12.1. The summed E-state index contributed by atoms with van der Waals surface area (Å²) in [5.41, 5.74) is 0.202. The Morgan fingerprint density at radius 3 is 2.52 bits per heavy atom. The molecule has 0 spiro atoms. The van der Waals surface area contributed by atoms with Gasteiger partial charge in [0, 0.05) is 17.6 Å². The van der Waals surface area contributed by atoms with Crippen LogP contribution in [0.1, 0.15) is 79.1 Å². The normalized spacial score (nSPS) is 47.4. The highest BCUT2D eigenvalue weighted by Crippen LogP contribution is 2.69. The molecule has 0 aromatic rings. The summed E-state index contributed by atoms with van der Waals surface area (Å²) in [5, 5.41) is 21.8. The van der Waals surface area contributed by atoms with E-state index < -0.39 is 22.9 Å². The smallest absolute Gasteiger partial charge is 0.309 e. The van der Waals surface area contributed by atoms with Gasteiger partial charge in [-0.1, -0.05) is 37.3 Å². The molecule has 0 aromatic heterocycles. The average molecular weight is 421 g/mol. The average Bonchev–Trinajstić information content (AvgIpc) is 2.93. The molecule has 4 aliphatic rings. The molecule has 3 fully saturated rings. The first-order valence-electron chi connectivity index (χ1n) is 11.4. The van der Waals surface area contributed by atoms with Crippen LogP contribution in [-0.2, 0) is 9.59 Å². The summed E-state index contributed by atoms with van der Waals surface area (Å²) in [4.78, 5) is 24.0. The highest BCUT2D eigenvalue weighted by Gasteiger charge is 2.67. The number of hydrogen-bond donors (Lipinski definition) is 2. The molecule has 162 valence electrons. The SMILES string of the molecule is CC(=O)S[C@@H]1CC2=CCCC[C@]2(C)[C@H]2CC[C@@]3(C)[C@@H](CC[C@@]3(O)C(C)C(=O)O)[C@H]12. The molecule has 1 unspecified atom stereocenters. The first kappa shape index (κ1) is 21.4. The number of carbonyl (C=O) groups excluding carboxylic acids is 1. The summed E-state index contributed by atoms with van der Waals surface area (Å²) in [5.74, 6) is -0.486. The molecule has 4 aliphatic carbocycles. The van der Waals surface area contributed by atoms with E-state index in [9.17, 15) is 19.8 Å². The maximum atomic E-state index is 12.1. The van der Waals surface area contributed by atoms with Gasteiger partial charge < -0.3 is 10.2 Å². The summed E-state index contributed by atoms with van der Waals surface area (Å²) in [6.07, 6.45) is 10.4. The van der Waals surface area contributed by atoms with E-state index in [4.69, 9.17) is 0 Å². The summed E-state index contributed by atoms with van der Waals surface area (Å²) >= 11 is 1.50. The zero-order valence-corrected chi connectivity index (χ0v) is 19.1. The topological polar surface area (TPSA) is 74.6 Å². The number of aliphatic hydroxyl groups is 1. The number of fused-ring (bicyclic) bond motifs is 5. The van der Waals surface area contributed by atoms with Crippen molar-refractivity contribution in [3.8, 4) is 0 Å². The van der Waals surface area contributed by atoms with Crippen molar-refractivity contribution in [3.63, 3.8) is 0 Å². The molecule has 4 rings (SSSR count). The number of rotatable bonds is 3. The maximum Gasteiger partial charge on any atom is 0.309 e.